The largest absolute Gasteiger partial charge is 0.496 e. The molecule has 134 valence electrons. The van der Waals surface area contributed by atoms with Crippen LogP contribution in [0.15, 0.2) is 40.4 Å². The Morgan fingerprint density at radius 1 is 1.23 bits per heavy atom. The van der Waals surface area contributed by atoms with Crippen molar-refractivity contribution in [2.75, 3.05) is 7.11 Å². The standard InChI is InChI=1S/C17H14ClN3O3S2/c1-24-14-6-11(18)2-3-13(14)16(23)21-20-15(22)7-12-9-26-17(19-12)10-4-5-25-8-10/h2-6,8-9H,7H2,1H3,(H,20,22)(H,21,23). The van der Waals surface area contributed by atoms with Gasteiger partial charge in [0.25, 0.3) is 5.91 Å². The molecule has 9 heteroatoms. The van der Waals surface area contributed by atoms with Crippen LogP contribution in [0.2, 0.25) is 5.02 Å². The summed E-state index contributed by atoms with van der Waals surface area (Å²) in [5.41, 5.74) is 6.69. The highest BCUT2D eigenvalue weighted by atomic mass is 35.5. The summed E-state index contributed by atoms with van der Waals surface area (Å²) in [6.45, 7) is 0. The molecule has 0 fully saturated rings. The molecule has 0 atom stereocenters. The number of hydrogen-bond donors (Lipinski definition) is 2. The predicted octanol–water partition coefficient (Wildman–Crippen LogP) is 3.54. The Balaban J connectivity index is 1.57. The molecule has 0 aliphatic rings. The number of hydrogen-bond acceptors (Lipinski definition) is 6. The van der Waals surface area contributed by atoms with Crippen LogP contribution in [0.5, 0.6) is 5.75 Å². The van der Waals surface area contributed by atoms with Crippen molar-refractivity contribution in [3.63, 3.8) is 0 Å². The fourth-order valence-electron chi connectivity index (χ4n) is 2.16. The highest BCUT2D eigenvalue weighted by Crippen LogP contribution is 2.26. The van der Waals surface area contributed by atoms with E-state index in [9.17, 15) is 9.59 Å². The average Bonchev–Trinajstić information content (AvgIpc) is 3.31. The summed E-state index contributed by atoms with van der Waals surface area (Å²) in [5.74, 6) is -0.540. The molecular weight excluding hydrogens is 394 g/mol. The van der Waals surface area contributed by atoms with E-state index in [2.05, 4.69) is 15.8 Å². The molecule has 26 heavy (non-hydrogen) atoms. The van der Waals surface area contributed by atoms with Gasteiger partial charge in [-0.2, -0.15) is 11.3 Å². The van der Waals surface area contributed by atoms with Crippen molar-refractivity contribution in [1.29, 1.82) is 0 Å². The van der Waals surface area contributed by atoms with Crippen molar-refractivity contribution in [3.05, 3.63) is 56.7 Å². The van der Waals surface area contributed by atoms with E-state index in [1.807, 2.05) is 22.2 Å². The summed E-state index contributed by atoms with van der Waals surface area (Å²) in [4.78, 5) is 28.7. The zero-order chi connectivity index (χ0) is 18.5. The lowest BCUT2D eigenvalue weighted by Crippen LogP contribution is -2.42. The second-order valence-corrected chi connectivity index (χ2v) is 7.25. The molecule has 6 nitrogen and oxygen atoms in total. The van der Waals surface area contributed by atoms with Gasteiger partial charge in [-0.1, -0.05) is 11.6 Å². The molecule has 2 aromatic heterocycles. The van der Waals surface area contributed by atoms with Gasteiger partial charge in [0, 0.05) is 21.3 Å². The van der Waals surface area contributed by atoms with Gasteiger partial charge < -0.3 is 4.74 Å². The van der Waals surface area contributed by atoms with Crippen LogP contribution in [-0.2, 0) is 11.2 Å². The molecule has 2 heterocycles. The number of ether oxygens (including phenoxy) is 1. The van der Waals surface area contributed by atoms with Crippen molar-refractivity contribution < 1.29 is 14.3 Å². The number of amides is 2. The number of rotatable bonds is 5. The van der Waals surface area contributed by atoms with Crippen molar-refractivity contribution in [3.8, 4) is 16.3 Å². The van der Waals surface area contributed by atoms with Gasteiger partial charge in [-0.25, -0.2) is 4.98 Å². The second-order valence-electron chi connectivity index (χ2n) is 5.18. The Kier molecular flexibility index (Phi) is 5.87. The van der Waals surface area contributed by atoms with Crippen LogP contribution in [0.3, 0.4) is 0 Å². The Morgan fingerprint density at radius 3 is 2.81 bits per heavy atom. The van der Waals surface area contributed by atoms with Gasteiger partial charge >= 0.3 is 0 Å². The van der Waals surface area contributed by atoms with Gasteiger partial charge in [0.05, 0.1) is 24.8 Å². The topological polar surface area (TPSA) is 80.3 Å². The summed E-state index contributed by atoms with van der Waals surface area (Å²) < 4.78 is 5.12. The number of nitrogens with zero attached hydrogens (tertiary/aromatic N) is 1. The molecule has 0 spiro atoms. The van der Waals surface area contributed by atoms with Crippen molar-refractivity contribution in [2.24, 2.45) is 0 Å². The highest BCUT2D eigenvalue weighted by molar-refractivity contribution is 7.14. The molecule has 2 N–H and O–H groups in total. The SMILES string of the molecule is COc1cc(Cl)ccc1C(=O)NNC(=O)Cc1csc(-c2ccsc2)n1. The molecular formula is C17H14ClN3O3S2. The average molecular weight is 408 g/mol. The van der Waals surface area contributed by atoms with E-state index in [1.165, 1.54) is 30.6 Å². The Labute approximate surface area is 162 Å². The molecule has 1 aromatic carbocycles. The third kappa shape index (κ3) is 4.40. The van der Waals surface area contributed by atoms with Crippen molar-refractivity contribution in [1.82, 2.24) is 15.8 Å². The summed E-state index contributed by atoms with van der Waals surface area (Å²) in [6, 6.07) is 6.60. The lowest BCUT2D eigenvalue weighted by atomic mass is 10.2. The monoisotopic (exact) mass is 407 g/mol. The van der Waals surface area contributed by atoms with Gasteiger partial charge in [-0.3, -0.25) is 20.4 Å². The number of benzene rings is 1. The molecule has 3 rings (SSSR count). The van der Waals surface area contributed by atoms with Gasteiger partial charge in [0.2, 0.25) is 5.91 Å². The van der Waals surface area contributed by atoms with Gasteiger partial charge in [-0.15, -0.1) is 11.3 Å². The van der Waals surface area contributed by atoms with Crippen molar-refractivity contribution in [2.45, 2.75) is 6.42 Å². The quantitative estimate of drug-likeness (QED) is 0.634. The van der Waals surface area contributed by atoms with Crippen molar-refractivity contribution >= 4 is 46.1 Å². The Bertz CT molecular complexity index is 925. The third-order valence-electron chi connectivity index (χ3n) is 3.39. The van der Waals surface area contributed by atoms with Crippen LogP contribution in [-0.4, -0.2) is 23.9 Å². The Morgan fingerprint density at radius 2 is 2.08 bits per heavy atom. The summed E-state index contributed by atoms with van der Waals surface area (Å²) in [7, 11) is 1.44. The first kappa shape index (κ1) is 18.4. The minimum atomic E-state index is -0.496. The smallest absolute Gasteiger partial charge is 0.273 e. The van der Waals surface area contributed by atoms with Crippen LogP contribution in [0.4, 0.5) is 0 Å². The number of nitrogens with one attached hydrogen (secondary N) is 2. The minimum Gasteiger partial charge on any atom is -0.496 e. The number of hydrazine groups is 1. The van der Waals surface area contributed by atoms with E-state index in [4.69, 9.17) is 16.3 Å². The summed E-state index contributed by atoms with van der Waals surface area (Å²) in [5, 5.41) is 7.12. The number of methoxy groups -OCH3 is 1. The number of carbonyl (C=O) groups is 2. The fourth-order valence-corrected chi connectivity index (χ4v) is 3.86. The molecule has 0 saturated heterocycles. The van der Waals surface area contributed by atoms with E-state index in [1.54, 1.807) is 17.4 Å². The van der Waals surface area contributed by atoms with Crippen LogP contribution in [0, 0.1) is 0 Å². The third-order valence-corrected chi connectivity index (χ3v) is 5.24. The van der Waals surface area contributed by atoms with Gasteiger partial charge in [-0.05, 0) is 29.6 Å². The molecule has 0 aliphatic carbocycles. The number of carbonyl (C=O) groups excluding carboxylic acids is 2. The first-order chi connectivity index (χ1) is 12.6. The summed E-state index contributed by atoms with van der Waals surface area (Å²) in [6.07, 6.45) is 0.0681. The first-order valence-electron chi connectivity index (χ1n) is 7.46. The molecule has 2 amide bonds. The zero-order valence-corrected chi connectivity index (χ0v) is 16.0. The minimum absolute atomic E-state index is 0.0681. The zero-order valence-electron chi connectivity index (χ0n) is 13.6. The fraction of sp³-hybridized carbons (Fsp3) is 0.118. The predicted molar refractivity (Wildman–Crippen MR) is 103 cm³/mol. The maximum atomic E-state index is 12.2. The van der Waals surface area contributed by atoms with E-state index >= 15 is 0 Å². The highest BCUT2D eigenvalue weighted by Gasteiger charge is 2.14. The molecule has 0 saturated carbocycles. The van der Waals surface area contributed by atoms with E-state index in [0.717, 1.165) is 10.6 Å². The normalized spacial score (nSPS) is 10.4. The molecule has 3 aromatic rings. The van der Waals surface area contributed by atoms with Crippen LogP contribution < -0.4 is 15.6 Å². The molecule has 0 aliphatic heterocycles. The molecule has 0 unspecified atom stereocenters. The molecule has 0 radical (unpaired) electrons. The summed E-state index contributed by atoms with van der Waals surface area (Å²) >= 11 is 8.94. The molecule has 0 bridgehead atoms. The van der Waals surface area contributed by atoms with Crippen LogP contribution in [0.1, 0.15) is 16.1 Å². The van der Waals surface area contributed by atoms with E-state index in [-0.39, 0.29) is 17.9 Å². The van der Waals surface area contributed by atoms with Gasteiger partial charge in [0.1, 0.15) is 10.8 Å². The maximum absolute atomic E-state index is 12.2. The van der Waals surface area contributed by atoms with E-state index < -0.39 is 5.91 Å². The van der Waals surface area contributed by atoms with Crippen LogP contribution >= 0.6 is 34.3 Å². The maximum Gasteiger partial charge on any atom is 0.273 e. The number of thiazole rings is 1. The Hall–Kier alpha value is -2.42. The lowest BCUT2D eigenvalue weighted by Gasteiger charge is -2.10. The van der Waals surface area contributed by atoms with E-state index in [0.29, 0.717) is 16.5 Å². The first-order valence-corrected chi connectivity index (χ1v) is 9.66. The lowest BCUT2D eigenvalue weighted by molar-refractivity contribution is -0.121. The van der Waals surface area contributed by atoms with Gasteiger partial charge in [0.15, 0.2) is 0 Å². The van der Waals surface area contributed by atoms with Crippen LogP contribution in [0.25, 0.3) is 10.6 Å². The number of halogens is 1. The number of aromatic nitrogens is 1. The second kappa shape index (κ2) is 8.31. The number of thiophene rings is 1.